The van der Waals surface area contributed by atoms with Crippen molar-refractivity contribution in [3.8, 4) is 0 Å². The molecule has 120 valence electrons. The summed E-state index contributed by atoms with van der Waals surface area (Å²) in [6.45, 7) is 4.01. The molecular formula is C13H14O9. The van der Waals surface area contributed by atoms with Crippen molar-refractivity contribution < 1.29 is 42.9 Å². The first-order valence-corrected chi connectivity index (χ1v) is 6.05. The van der Waals surface area contributed by atoms with Crippen molar-refractivity contribution in [1.29, 1.82) is 0 Å². The van der Waals surface area contributed by atoms with Gasteiger partial charge in [0.05, 0.1) is 0 Å². The molecule has 0 fully saturated rings. The molecule has 0 aromatic rings. The third-order valence-corrected chi connectivity index (χ3v) is 1.97. The Labute approximate surface area is 125 Å². The maximum atomic E-state index is 11.2. The lowest BCUT2D eigenvalue weighted by Crippen LogP contribution is -2.23. The molecule has 0 saturated heterocycles. The minimum atomic E-state index is -0.794. The Morgan fingerprint density at radius 2 is 1.18 bits per heavy atom. The van der Waals surface area contributed by atoms with E-state index >= 15 is 0 Å². The minimum Gasteiger partial charge on any atom is -0.454 e. The van der Waals surface area contributed by atoms with E-state index in [-0.39, 0.29) is 18.1 Å². The molecule has 0 spiro atoms. The second-order valence-electron chi connectivity index (χ2n) is 4.03. The third-order valence-electron chi connectivity index (χ3n) is 1.97. The van der Waals surface area contributed by atoms with Crippen LogP contribution >= 0.6 is 0 Å². The zero-order valence-electron chi connectivity index (χ0n) is 12.4. The van der Waals surface area contributed by atoms with Crippen molar-refractivity contribution in [1.82, 2.24) is 0 Å². The van der Waals surface area contributed by atoms with E-state index < -0.39 is 35.6 Å². The maximum Gasteiger partial charge on any atom is 0.336 e. The van der Waals surface area contributed by atoms with Crippen LogP contribution in [0.1, 0.15) is 27.7 Å². The molecule has 1 aliphatic heterocycles. The monoisotopic (exact) mass is 314 g/mol. The van der Waals surface area contributed by atoms with E-state index in [1.807, 2.05) is 0 Å². The van der Waals surface area contributed by atoms with Gasteiger partial charge in [0.25, 0.3) is 5.76 Å². The minimum absolute atomic E-state index is 0.199. The molecule has 0 saturated carbocycles. The fraction of sp³-hybridized carbons (Fsp3) is 0.385. The van der Waals surface area contributed by atoms with E-state index in [0.717, 1.165) is 27.7 Å². The number of carbonyl (C=O) groups is 4. The molecule has 9 heteroatoms. The van der Waals surface area contributed by atoms with Gasteiger partial charge in [0.15, 0.2) is 12.4 Å². The summed E-state index contributed by atoms with van der Waals surface area (Å²) in [5, 5.41) is 0. The Morgan fingerprint density at radius 1 is 0.727 bits per heavy atom. The van der Waals surface area contributed by atoms with Crippen molar-refractivity contribution in [2.45, 2.75) is 27.7 Å². The lowest BCUT2D eigenvalue weighted by atomic mass is 10.3. The van der Waals surface area contributed by atoms with Crippen LogP contribution in [0.3, 0.4) is 0 Å². The number of esters is 4. The predicted molar refractivity (Wildman–Crippen MR) is 67.1 cm³/mol. The molecule has 1 heterocycles. The smallest absolute Gasteiger partial charge is 0.336 e. The molecule has 0 aromatic carbocycles. The average molecular weight is 314 g/mol. The predicted octanol–water partition coefficient (Wildman–Crippen LogP) is 0.650. The van der Waals surface area contributed by atoms with Crippen LogP contribution in [0.25, 0.3) is 0 Å². The van der Waals surface area contributed by atoms with E-state index in [1.54, 1.807) is 0 Å². The van der Waals surface area contributed by atoms with Gasteiger partial charge >= 0.3 is 29.8 Å². The fourth-order valence-corrected chi connectivity index (χ4v) is 1.42. The van der Waals surface area contributed by atoms with Crippen molar-refractivity contribution in [3.63, 3.8) is 0 Å². The summed E-state index contributed by atoms with van der Waals surface area (Å²) < 4.78 is 24.4. The first kappa shape index (κ1) is 17.2. The summed E-state index contributed by atoms with van der Waals surface area (Å²) in [4.78, 5) is 44.5. The van der Waals surface area contributed by atoms with Gasteiger partial charge in [-0.15, -0.1) is 0 Å². The van der Waals surface area contributed by atoms with Gasteiger partial charge < -0.3 is 23.7 Å². The Balaban J connectivity index is 3.36. The Hall–Kier alpha value is -2.84. The Morgan fingerprint density at radius 3 is 1.64 bits per heavy atom. The lowest BCUT2D eigenvalue weighted by Gasteiger charge is -2.22. The van der Waals surface area contributed by atoms with Crippen LogP contribution in [0, 0.1) is 0 Å². The zero-order chi connectivity index (χ0) is 16.9. The Bertz CT molecular complexity index is 530. The van der Waals surface area contributed by atoms with E-state index in [0.29, 0.717) is 0 Å². The van der Waals surface area contributed by atoms with Crippen molar-refractivity contribution in [2.24, 2.45) is 0 Å². The molecule has 0 atom stereocenters. The molecule has 0 amide bonds. The summed E-state index contributed by atoms with van der Waals surface area (Å²) in [7, 11) is 0. The number of rotatable bonds is 4. The van der Waals surface area contributed by atoms with Crippen molar-refractivity contribution in [2.75, 3.05) is 6.61 Å². The summed E-state index contributed by atoms with van der Waals surface area (Å²) in [6.07, 6.45) is 0. The average Bonchev–Trinajstić information content (AvgIpc) is 2.34. The molecule has 0 bridgehead atoms. The van der Waals surface area contributed by atoms with Crippen LogP contribution in [0.4, 0.5) is 0 Å². The van der Waals surface area contributed by atoms with E-state index in [1.165, 1.54) is 0 Å². The molecule has 0 radical (unpaired) electrons. The van der Waals surface area contributed by atoms with Gasteiger partial charge in [0.2, 0.25) is 5.76 Å². The quantitative estimate of drug-likeness (QED) is 0.544. The van der Waals surface area contributed by atoms with E-state index in [4.69, 9.17) is 23.7 Å². The van der Waals surface area contributed by atoms with Gasteiger partial charge in [-0.3, -0.25) is 19.2 Å². The van der Waals surface area contributed by atoms with Crippen molar-refractivity contribution >= 4 is 23.9 Å². The van der Waals surface area contributed by atoms with Crippen LogP contribution in [-0.2, 0) is 42.9 Å². The lowest BCUT2D eigenvalue weighted by molar-refractivity contribution is -0.151. The molecule has 0 aromatic heterocycles. The van der Waals surface area contributed by atoms with E-state index in [2.05, 4.69) is 0 Å². The molecular weight excluding hydrogens is 300 g/mol. The molecule has 0 N–H and O–H groups in total. The number of carbonyl (C=O) groups excluding carboxylic acids is 4. The van der Waals surface area contributed by atoms with Gasteiger partial charge in [-0.1, -0.05) is 0 Å². The van der Waals surface area contributed by atoms with Crippen LogP contribution in [0.15, 0.2) is 23.2 Å². The van der Waals surface area contributed by atoms with Crippen LogP contribution in [0.2, 0.25) is 0 Å². The first-order chi connectivity index (χ1) is 10.2. The number of hydrogen-bond acceptors (Lipinski definition) is 9. The van der Waals surface area contributed by atoms with Gasteiger partial charge in [-0.05, 0) is 0 Å². The summed E-state index contributed by atoms with van der Waals surface area (Å²) in [5.41, 5.74) is 0. The number of ether oxygens (including phenoxy) is 5. The highest BCUT2D eigenvalue weighted by Gasteiger charge is 2.33. The number of hydrogen-bond donors (Lipinski definition) is 0. The highest BCUT2D eigenvalue weighted by atomic mass is 16.7. The fourth-order valence-electron chi connectivity index (χ4n) is 1.42. The highest BCUT2D eigenvalue weighted by molar-refractivity contribution is 5.72. The zero-order valence-corrected chi connectivity index (χ0v) is 12.4. The molecule has 1 aliphatic rings. The summed E-state index contributed by atoms with van der Waals surface area (Å²) in [6, 6.07) is 0. The van der Waals surface area contributed by atoms with Gasteiger partial charge in [0, 0.05) is 27.7 Å². The summed E-state index contributed by atoms with van der Waals surface area (Å²) >= 11 is 0. The Kier molecular flexibility index (Phi) is 5.67. The molecule has 22 heavy (non-hydrogen) atoms. The first-order valence-electron chi connectivity index (χ1n) is 6.05. The second-order valence-corrected chi connectivity index (χ2v) is 4.03. The standard InChI is InChI=1S/C13H14O9/c1-6(14)19-10-5-18-13(22-9(4)17)12(21-8(3)16)11(10)20-7(2)15/h5H2,1-4H3. The second kappa shape index (κ2) is 7.25. The SMILES string of the molecule is CC(=O)OC1=C(OC(C)=O)C(OC(C)=O)=C(OC(C)=O)OC1. The van der Waals surface area contributed by atoms with Gasteiger partial charge in [-0.2, -0.15) is 0 Å². The normalized spacial score (nSPS) is 14.0. The molecule has 1 rings (SSSR count). The topological polar surface area (TPSA) is 114 Å². The van der Waals surface area contributed by atoms with Crippen LogP contribution < -0.4 is 0 Å². The molecule has 0 unspecified atom stereocenters. The van der Waals surface area contributed by atoms with Gasteiger partial charge in [0.1, 0.15) is 0 Å². The third kappa shape index (κ3) is 4.93. The van der Waals surface area contributed by atoms with Crippen LogP contribution in [0.5, 0.6) is 0 Å². The summed E-state index contributed by atoms with van der Waals surface area (Å²) in [5.74, 6) is -4.55. The van der Waals surface area contributed by atoms with Crippen molar-refractivity contribution in [3.05, 3.63) is 23.2 Å². The largest absolute Gasteiger partial charge is 0.454 e. The molecule has 9 nitrogen and oxygen atoms in total. The molecule has 0 aliphatic carbocycles. The van der Waals surface area contributed by atoms with E-state index in [9.17, 15) is 19.2 Å². The van der Waals surface area contributed by atoms with Crippen LogP contribution in [-0.4, -0.2) is 30.5 Å². The van der Waals surface area contributed by atoms with Gasteiger partial charge in [-0.25, -0.2) is 0 Å². The maximum absolute atomic E-state index is 11.2. The highest BCUT2D eigenvalue weighted by Crippen LogP contribution is 2.29.